The highest BCUT2D eigenvalue weighted by Gasteiger charge is 2.07. The summed E-state index contributed by atoms with van der Waals surface area (Å²) in [5, 5.41) is 10.3. The Morgan fingerprint density at radius 2 is 2.08 bits per heavy atom. The van der Waals surface area contributed by atoms with Crippen molar-refractivity contribution in [2.24, 2.45) is 4.99 Å². The monoisotopic (exact) mass is 349 g/mol. The van der Waals surface area contributed by atoms with Gasteiger partial charge in [0, 0.05) is 44.2 Å². The first kappa shape index (κ1) is 18.0. The number of amides is 1. The number of carbonyl (C=O) groups is 1. The molecule has 0 saturated heterocycles. The van der Waals surface area contributed by atoms with Crippen molar-refractivity contribution in [2.75, 3.05) is 26.7 Å². The molecule has 0 aromatic carbocycles. The summed E-state index contributed by atoms with van der Waals surface area (Å²) in [4.78, 5) is 21.5. The minimum Gasteiger partial charge on any atom is -0.459 e. The van der Waals surface area contributed by atoms with Crippen LogP contribution in [0.25, 0.3) is 0 Å². The molecule has 1 amide bonds. The highest BCUT2D eigenvalue weighted by molar-refractivity contribution is 7.11. The number of nitrogens with zero attached hydrogens (tertiary/aromatic N) is 2. The molecular weight excluding hydrogens is 326 g/mol. The second-order valence-electron chi connectivity index (χ2n) is 4.98. The third kappa shape index (κ3) is 5.69. The first-order chi connectivity index (χ1) is 11.7. The highest BCUT2D eigenvalue weighted by Crippen LogP contribution is 2.13. The van der Waals surface area contributed by atoms with Crippen LogP contribution in [0.1, 0.15) is 27.4 Å². The third-order valence-corrected chi connectivity index (χ3v) is 4.45. The molecule has 0 aliphatic rings. The molecule has 2 aromatic heterocycles. The van der Waals surface area contributed by atoms with E-state index in [-0.39, 0.29) is 5.91 Å². The minimum atomic E-state index is -0.222. The van der Waals surface area contributed by atoms with E-state index in [0.717, 1.165) is 24.4 Å². The zero-order valence-corrected chi connectivity index (χ0v) is 14.8. The number of guanidine groups is 1. The Hall–Kier alpha value is -2.35. The molecule has 2 rings (SSSR count). The second kappa shape index (κ2) is 9.71. The predicted octanol–water partition coefficient (Wildman–Crippen LogP) is 1.44. The average molecular weight is 349 g/mol. The van der Waals surface area contributed by atoms with Crippen molar-refractivity contribution in [1.29, 1.82) is 0 Å². The number of hydrogen-bond acceptors (Lipinski definition) is 5. The molecule has 2 aromatic rings. The van der Waals surface area contributed by atoms with Crippen LogP contribution >= 0.6 is 11.3 Å². The Bertz CT molecular complexity index is 651. The normalized spacial score (nSPS) is 11.3. The Morgan fingerprint density at radius 1 is 1.29 bits per heavy atom. The van der Waals surface area contributed by atoms with Gasteiger partial charge < -0.3 is 20.4 Å². The molecular formula is C16H23N5O2S. The first-order valence-electron chi connectivity index (χ1n) is 7.92. The van der Waals surface area contributed by atoms with E-state index in [0.29, 0.717) is 24.8 Å². The molecule has 0 aliphatic heterocycles. The number of carbonyl (C=O) groups excluding carboxylic acids is 1. The van der Waals surface area contributed by atoms with Crippen molar-refractivity contribution in [3.8, 4) is 0 Å². The van der Waals surface area contributed by atoms with Crippen LogP contribution in [-0.4, -0.2) is 43.5 Å². The van der Waals surface area contributed by atoms with Crippen LogP contribution in [-0.2, 0) is 12.8 Å². The molecule has 130 valence electrons. The van der Waals surface area contributed by atoms with E-state index >= 15 is 0 Å². The molecule has 3 N–H and O–H groups in total. The molecule has 0 bridgehead atoms. The van der Waals surface area contributed by atoms with Gasteiger partial charge in [-0.2, -0.15) is 0 Å². The molecule has 0 aliphatic carbocycles. The molecule has 2 heterocycles. The second-order valence-corrected chi connectivity index (χ2v) is 6.18. The molecule has 8 heteroatoms. The van der Waals surface area contributed by atoms with Crippen molar-refractivity contribution in [3.05, 3.63) is 40.2 Å². The summed E-state index contributed by atoms with van der Waals surface area (Å²) in [5.74, 6) is 0.794. The molecule has 0 radical (unpaired) electrons. The molecule has 0 fully saturated rings. The molecule has 0 saturated carbocycles. The van der Waals surface area contributed by atoms with Gasteiger partial charge in [-0.05, 0) is 18.6 Å². The van der Waals surface area contributed by atoms with Gasteiger partial charge in [-0.25, -0.2) is 4.98 Å². The number of furan rings is 1. The quantitative estimate of drug-likeness (QED) is 0.381. The van der Waals surface area contributed by atoms with Gasteiger partial charge in [0.1, 0.15) is 0 Å². The lowest BCUT2D eigenvalue weighted by atomic mass is 10.4. The number of aromatic nitrogens is 1. The minimum absolute atomic E-state index is 0.222. The van der Waals surface area contributed by atoms with Gasteiger partial charge in [0.15, 0.2) is 11.7 Å². The fourth-order valence-electron chi connectivity index (χ4n) is 1.99. The molecule has 0 spiro atoms. The summed E-state index contributed by atoms with van der Waals surface area (Å²) in [5.41, 5.74) is 0. The summed E-state index contributed by atoms with van der Waals surface area (Å²) >= 11 is 1.75. The van der Waals surface area contributed by atoms with Crippen LogP contribution in [0.15, 0.2) is 34.0 Å². The van der Waals surface area contributed by atoms with E-state index < -0.39 is 0 Å². The van der Waals surface area contributed by atoms with Gasteiger partial charge in [0.2, 0.25) is 0 Å². The SMILES string of the molecule is CCc1cnc(CCNC(=NC)NCCNC(=O)c2ccco2)s1. The maximum Gasteiger partial charge on any atom is 0.287 e. The topological polar surface area (TPSA) is 91.5 Å². The number of rotatable bonds is 8. The van der Waals surface area contributed by atoms with Crippen molar-refractivity contribution in [1.82, 2.24) is 20.9 Å². The van der Waals surface area contributed by atoms with Crippen LogP contribution in [0.2, 0.25) is 0 Å². The van der Waals surface area contributed by atoms with Gasteiger partial charge in [0.25, 0.3) is 5.91 Å². The summed E-state index contributed by atoms with van der Waals surface area (Å²) in [6.07, 6.45) is 5.30. The first-order valence-corrected chi connectivity index (χ1v) is 8.74. The van der Waals surface area contributed by atoms with Crippen LogP contribution in [0.3, 0.4) is 0 Å². The zero-order valence-electron chi connectivity index (χ0n) is 14.0. The van der Waals surface area contributed by atoms with E-state index in [9.17, 15) is 4.79 Å². The van der Waals surface area contributed by atoms with Crippen molar-refractivity contribution >= 4 is 23.2 Å². The third-order valence-electron chi connectivity index (χ3n) is 3.25. The lowest BCUT2D eigenvalue weighted by molar-refractivity contribution is 0.0926. The molecule has 0 atom stereocenters. The summed E-state index contributed by atoms with van der Waals surface area (Å²) < 4.78 is 5.03. The summed E-state index contributed by atoms with van der Waals surface area (Å²) in [6.45, 7) is 3.94. The van der Waals surface area contributed by atoms with Crippen molar-refractivity contribution < 1.29 is 9.21 Å². The number of aryl methyl sites for hydroxylation is 1. The Morgan fingerprint density at radius 3 is 2.75 bits per heavy atom. The largest absolute Gasteiger partial charge is 0.459 e. The van der Waals surface area contributed by atoms with Crippen LogP contribution < -0.4 is 16.0 Å². The molecule has 24 heavy (non-hydrogen) atoms. The van der Waals surface area contributed by atoms with Gasteiger partial charge in [-0.3, -0.25) is 9.79 Å². The lowest BCUT2D eigenvalue weighted by Crippen LogP contribution is -2.42. The van der Waals surface area contributed by atoms with Gasteiger partial charge in [0.05, 0.1) is 11.3 Å². The van der Waals surface area contributed by atoms with E-state index in [1.54, 1.807) is 30.5 Å². The fourth-order valence-corrected chi connectivity index (χ4v) is 2.85. The summed E-state index contributed by atoms with van der Waals surface area (Å²) in [7, 11) is 1.72. The zero-order chi connectivity index (χ0) is 17.2. The lowest BCUT2D eigenvalue weighted by Gasteiger charge is -2.11. The number of aliphatic imine (C=N–C) groups is 1. The Balaban J connectivity index is 1.61. The number of thiazole rings is 1. The van der Waals surface area contributed by atoms with Crippen LogP contribution in [0.5, 0.6) is 0 Å². The number of hydrogen-bond donors (Lipinski definition) is 3. The Kier molecular flexibility index (Phi) is 7.28. The fraction of sp³-hybridized carbons (Fsp3) is 0.438. The van der Waals surface area contributed by atoms with E-state index in [1.165, 1.54) is 11.1 Å². The number of nitrogens with one attached hydrogen (secondary N) is 3. The van der Waals surface area contributed by atoms with E-state index in [1.807, 2.05) is 6.20 Å². The van der Waals surface area contributed by atoms with Crippen molar-refractivity contribution in [3.63, 3.8) is 0 Å². The maximum absolute atomic E-state index is 11.7. The maximum atomic E-state index is 11.7. The molecule has 0 unspecified atom stereocenters. The van der Waals surface area contributed by atoms with Gasteiger partial charge in [-0.15, -0.1) is 11.3 Å². The van der Waals surface area contributed by atoms with Crippen LogP contribution in [0.4, 0.5) is 0 Å². The van der Waals surface area contributed by atoms with Crippen molar-refractivity contribution in [2.45, 2.75) is 19.8 Å². The Labute approximate surface area is 145 Å². The van der Waals surface area contributed by atoms with Crippen LogP contribution in [0, 0.1) is 0 Å². The molecule has 7 nitrogen and oxygen atoms in total. The van der Waals surface area contributed by atoms with E-state index in [2.05, 4.69) is 32.9 Å². The standard InChI is InChI=1S/C16H23N5O2S/c1-3-12-11-21-14(24-12)6-7-19-16(17-2)20-9-8-18-15(22)13-5-4-10-23-13/h4-5,10-11H,3,6-9H2,1-2H3,(H,18,22)(H2,17,19,20). The average Bonchev–Trinajstić information content (AvgIpc) is 3.28. The smallest absolute Gasteiger partial charge is 0.287 e. The van der Waals surface area contributed by atoms with Gasteiger partial charge >= 0.3 is 0 Å². The highest BCUT2D eigenvalue weighted by atomic mass is 32.1. The van der Waals surface area contributed by atoms with E-state index in [4.69, 9.17) is 4.42 Å². The van der Waals surface area contributed by atoms with Gasteiger partial charge in [-0.1, -0.05) is 6.92 Å². The summed E-state index contributed by atoms with van der Waals surface area (Å²) in [6, 6.07) is 3.32. The predicted molar refractivity (Wildman–Crippen MR) is 95.6 cm³/mol.